The fourth-order valence-corrected chi connectivity index (χ4v) is 1.58. The smallest absolute Gasteiger partial charge is 0.267 e. The molecule has 1 unspecified atom stereocenters. The first kappa shape index (κ1) is 9.14. The van der Waals surface area contributed by atoms with E-state index in [0.29, 0.717) is 12.4 Å². The highest BCUT2D eigenvalue weighted by molar-refractivity contribution is 7.83. The Hall–Kier alpha value is -1.43. The number of furan rings is 1. The van der Waals surface area contributed by atoms with Crippen molar-refractivity contribution in [1.82, 2.24) is 5.32 Å². The second kappa shape index (κ2) is 3.75. The Labute approximate surface area is 83.7 Å². The van der Waals surface area contributed by atoms with E-state index in [-0.39, 0.29) is 0 Å². The molecule has 1 atom stereocenters. The van der Waals surface area contributed by atoms with Gasteiger partial charge in [0.2, 0.25) is 0 Å². The minimum absolute atomic E-state index is 0.524. The van der Waals surface area contributed by atoms with Gasteiger partial charge in [0.15, 0.2) is 5.84 Å². The van der Waals surface area contributed by atoms with Gasteiger partial charge in [0.05, 0.1) is 12.8 Å². The molecule has 1 aromatic rings. The van der Waals surface area contributed by atoms with Crippen molar-refractivity contribution in [1.29, 1.82) is 0 Å². The monoisotopic (exact) mass is 211 g/mol. The molecule has 0 saturated carbocycles. The van der Waals surface area contributed by atoms with E-state index in [0.717, 1.165) is 11.5 Å². The lowest BCUT2D eigenvalue weighted by atomic mass is 10.4. The molecule has 14 heavy (non-hydrogen) atoms. The van der Waals surface area contributed by atoms with Crippen molar-refractivity contribution >= 4 is 23.2 Å². The molecule has 0 aliphatic carbocycles. The number of hydrogen-bond acceptors (Lipinski definition) is 3. The van der Waals surface area contributed by atoms with Crippen LogP contribution >= 0.6 is 0 Å². The van der Waals surface area contributed by atoms with Crippen molar-refractivity contribution < 1.29 is 8.63 Å². The highest BCUT2D eigenvalue weighted by Gasteiger charge is 2.06. The molecular formula is C8H9N3O2S. The summed E-state index contributed by atoms with van der Waals surface area (Å²) in [6.07, 6.45) is 1.45. The fourth-order valence-electron chi connectivity index (χ4n) is 1.06. The Kier molecular flexibility index (Phi) is 2.45. The first-order chi connectivity index (χ1) is 6.74. The molecular weight excluding hydrogens is 202 g/mol. The number of hydrogen-bond donors (Lipinski definition) is 1. The Bertz CT molecular complexity index is 422. The summed E-state index contributed by atoms with van der Waals surface area (Å²) in [5, 5.41) is 2.96. The predicted molar refractivity (Wildman–Crippen MR) is 54.4 cm³/mol. The van der Waals surface area contributed by atoms with Crippen LogP contribution in [0.15, 0.2) is 25.3 Å². The zero-order valence-corrected chi connectivity index (χ0v) is 8.37. The van der Waals surface area contributed by atoms with Crippen LogP contribution in [-0.4, -0.2) is 16.3 Å². The maximum absolute atomic E-state index is 10.7. The number of aryl methyl sites for hydroxylation is 1. The summed E-state index contributed by atoms with van der Waals surface area (Å²) in [7, 11) is 0. The maximum atomic E-state index is 10.7. The molecule has 6 heteroatoms. The maximum Gasteiger partial charge on any atom is 0.267 e. The van der Waals surface area contributed by atoms with Crippen LogP contribution in [-0.2, 0) is 17.7 Å². The second-order valence-corrected chi connectivity index (χ2v) is 3.66. The third-order valence-corrected chi connectivity index (χ3v) is 2.32. The fraction of sp³-hybridized carbons (Fsp3) is 0.250. The van der Waals surface area contributed by atoms with Gasteiger partial charge in [-0.3, -0.25) is 0 Å². The molecule has 5 nitrogen and oxygen atoms in total. The van der Waals surface area contributed by atoms with Gasteiger partial charge < -0.3 is 9.73 Å². The molecule has 0 radical (unpaired) electrons. The van der Waals surface area contributed by atoms with Gasteiger partial charge in [-0.25, -0.2) is 4.21 Å². The zero-order chi connectivity index (χ0) is 9.97. The molecule has 0 aromatic carbocycles. The van der Waals surface area contributed by atoms with E-state index in [1.165, 1.54) is 6.21 Å². The average molecular weight is 211 g/mol. The van der Waals surface area contributed by atoms with Gasteiger partial charge in [-0.05, 0) is 19.1 Å². The third kappa shape index (κ3) is 2.08. The highest BCUT2D eigenvalue weighted by atomic mass is 32.2. The van der Waals surface area contributed by atoms with Crippen LogP contribution in [0.25, 0.3) is 0 Å². The Morgan fingerprint density at radius 2 is 2.43 bits per heavy atom. The van der Waals surface area contributed by atoms with Crippen molar-refractivity contribution in [3.63, 3.8) is 0 Å². The average Bonchev–Trinajstić information content (AvgIpc) is 2.72. The van der Waals surface area contributed by atoms with E-state index in [4.69, 9.17) is 4.42 Å². The molecule has 1 N–H and O–H groups in total. The number of nitrogens with zero attached hydrogens (tertiary/aromatic N) is 2. The molecule has 0 saturated heterocycles. The summed E-state index contributed by atoms with van der Waals surface area (Å²) in [6.45, 7) is 2.41. The van der Waals surface area contributed by atoms with Gasteiger partial charge in [0.25, 0.3) is 11.2 Å². The van der Waals surface area contributed by atoms with E-state index in [1.807, 2.05) is 19.1 Å². The first-order valence-corrected chi connectivity index (χ1v) is 5.14. The van der Waals surface area contributed by atoms with E-state index in [9.17, 15) is 4.21 Å². The molecule has 74 valence electrons. The topological polar surface area (TPSA) is 67.0 Å². The van der Waals surface area contributed by atoms with Gasteiger partial charge >= 0.3 is 0 Å². The van der Waals surface area contributed by atoms with E-state index >= 15 is 0 Å². The summed E-state index contributed by atoms with van der Waals surface area (Å²) in [5.41, 5.74) is 0. The van der Waals surface area contributed by atoms with E-state index in [2.05, 4.69) is 14.1 Å². The van der Waals surface area contributed by atoms with Crippen molar-refractivity contribution in [2.75, 3.05) is 0 Å². The van der Waals surface area contributed by atoms with Gasteiger partial charge in [-0.15, -0.1) is 4.40 Å². The van der Waals surface area contributed by atoms with Crippen LogP contribution in [0, 0.1) is 6.92 Å². The number of rotatable bonds is 2. The molecule has 1 aromatic heterocycles. The van der Waals surface area contributed by atoms with E-state index in [1.54, 1.807) is 0 Å². The van der Waals surface area contributed by atoms with Gasteiger partial charge in [-0.2, -0.15) is 4.40 Å². The van der Waals surface area contributed by atoms with Crippen LogP contribution < -0.4 is 5.32 Å². The quantitative estimate of drug-likeness (QED) is 0.784. The van der Waals surface area contributed by atoms with Crippen LogP contribution in [0.2, 0.25) is 0 Å². The minimum atomic E-state index is -1.44. The molecule has 1 aliphatic rings. The standard InChI is InChI=1S/C8H9N3O2S/c1-6-2-3-7(13-6)4-9-8-5-10-14(12)11-8/h2-3,5H,4H2,1H3,(H,9,11). The van der Waals surface area contributed by atoms with Crippen LogP contribution in [0.1, 0.15) is 11.5 Å². The molecule has 0 bridgehead atoms. The SMILES string of the molecule is Cc1ccc(CNC2=NS(=O)N=C2)o1. The molecule has 0 amide bonds. The molecule has 2 rings (SSSR count). The van der Waals surface area contributed by atoms with Gasteiger partial charge in [0.1, 0.15) is 11.5 Å². The lowest BCUT2D eigenvalue weighted by molar-refractivity contribution is 0.478. The third-order valence-electron chi connectivity index (χ3n) is 1.68. The molecule has 0 spiro atoms. The zero-order valence-electron chi connectivity index (χ0n) is 7.56. The summed E-state index contributed by atoms with van der Waals surface area (Å²) in [6, 6.07) is 3.77. The van der Waals surface area contributed by atoms with Crippen molar-refractivity contribution in [2.45, 2.75) is 13.5 Å². The number of amidine groups is 1. The largest absolute Gasteiger partial charge is 0.465 e. The number of nitrogens with one attached hydrogen (secondary N) is 1. The molecule has 1 aliphatic heterocycles. The second-order valence-electron chi connectivity index (χ2n) is 2.81. The summed E-state index contributed by atoms with van der Waals surface area (Å²) in [5.74, 6) is 2.21. The minimum Gasteiger partial charge on any atom is -0.465 e. The van der Waals surface area contributed by atoms with Crippen molar-refractivity contribution in [2.24, 2.45) is 8.80 Å². The van der Waals surface area contributed by atoms with Gasteiger partial charge in [-0.1, -0.05) is 0 Å². The summed E-state index contributed by atoms with van der Waals surface area (Å²) < 4.78 is 23.4. The van der Waals surface area contributed by atoms with Crippen LogP contribution in [0.3, 0.4) is 0 Å². The lowest BCUT2D eigenvalue weighted by Gasteiger charge is -1.98. The summed E-state index contributed by atoms with van der Waals surface area (Å²) >= 11 is -1.44. The van der Waals surface area contributed by atoms with Crippen LogP contribution in [0.5, 0.6) is 0 Å². The highest BCUT2D eigenvalue weighted by Crippen LogP contribution is 2.05. The predicted octanol–water partition coefficient (Wildman–Crippen LogP) is 0.739. The lowest BCUT2D eigenvalue weighted by Crippen LogP contribution is -2.22. The Morgan fingerprint density at radius 1 is 1.57 bits per heavy atom. The van der Waals surface area contributed by atoms with Crippen LogP contribution in [0.4, 0.5) is 0 Å². The molecule has 0 fully saturated rings. The van der Waals surface area contributed by atoms with Gasteiger partial charge in [0, 0.05) is 0 Å². The molecule has 2 heterocycles. The van der Waals surface area contributed by atoms with Crippen molar-refractivity contribution in [3.8, 4) is 0 Å². The Balaban J connectivity index is 1.92. The van der Waals surface area contributed by atoms with E-state index < -0.39 is 11.2 Å². The summed E-state index contributed by atoms with van der Waals surface area (Å²) in [4.78, 5) is 0. The normalized spacial score (nSPS) is 19.8. The Morgan fingerprint density at radius 3 is 3.00 bits per heavy atom. The van der Waals surface area contributed by atoms with Crippen molar-refractivity contribution in [3.05, 3.63) is 23.7 Å². The first-order valence-electron chi connectivity index (χ1n) is 4.08.